The van der Waals surface area contributed by atoms with Crippen LogP contribution in [0.25, 0.3) is 0 Å². The van der Waals surface area contributed by atoms with Gasteiger partial charge in [0.2, 0.25) is 0 Å². The molecule has 1 aliphatic rings. The van der Waals surface area contributed by atoms with Crippen LogP contribution in [0.3, 0.4) is 0 Å². The van der Waals surface area contributed by atoms with Crippen LogP contribution in [0.2, 0.25) is 0 Å². The first-order valence-corrected chi connectivity index (χ1v) is 6.29. The molecule has 0 radical (unpaired) electrons. The van der Waals surface area contributed by atoms with Gasteiger partial charge in [-0.1, -0.05) is 19.3 Å². The molecule has 7 heteroatoms. The van der Waals surface area contributed by atoms with Gasteiger partial charge in [0.1, 0.15) is 0 Å². The third kappa shape index (κ3) is 3.60. The number of amides is 1. The van der Waals surface area contributed by atoms with E-state index >= 15 is 0 Å². The highest BCUT2D eigenvalue weighted by Crippen LogP contribution is 2.37. The monoisotopic (exact) mass is 285 g/mol. The lowest BCUT2D eigenvalue weighted by Gasteiger charge is -2.35. The van der Waals surface area contributed by atoms with Crippen molar-refractivity contribution in [3.8, 4) is 0 Å². The summed E-state index contributed by atoms with van der Waals surface area (Å²) in [5.41, 5.74) is -0.916. The Balaban J connectivity index is 2.68. The Labute approximate surface area is 108 Å². The lowest BCUT2D eigenvalue weighted by molar-refractivity contribution is -0.174. The summed E-state index contributed by atoms with van der Waals surface area (Å²) in [5.74, 6) is -2.52. The largest absolute Gasteiger partial charge is 0.471 e. The smallest absolute Gasteiger partial charge is 0.347 e. The molecule has 0 aromatic carbocycles. The maximum Gasteiger partial charge on any atom is 0.471 e. The number of rotatable bonds is 4. The number of nitrogens with one attached hydrogen (secondary N) is 1. The normalized spacial score (nSPS) is 19.3. The van der Waals surface area contributed by atoms with Gasteiger partial charge < -0.3 is 5.32 Å². The van der Waals surface area contributed by atoms with Crippen molar-refractivity contribution in [2.45, 2.75) is 38.3 Å². The molecule has 1 saturated carbocycles. The summed E-state index contributed by atoms with van der Waals surface area (Å²) in [7, 11) is 0. The van der Waals surface area contributed by atoms with Crippen LogP contribution in [-0.2, 0) is 9.59 Å². The molecule has 104 valence electrons. The summed E-state index contributed by atoms with van der Waals surface area (Å²) in [6.07, 6.45) is -1.47. The standard InChI is InChI=1S/C11H15ClF3NO2/c12-6-8(17)10(4-2-1-3-5-10)7-16-9(18)11(13,14)15/h1-7H2,(H,16,18). The van der Waals surface area contributed by atoms with Crippen LogP contribution in [0.1, 0.15) is 32.1 Å². The van der Waals surface area contributed by atoms with Gasteiger partial charge in [0, 0.05) is 12.0 Å². The van der Waals surface area contributed by atoms with E-state index < -0.39 is 17.5 Å². The molecule has 1 aliphatic carbocycles. The first kappa shape index (κ1) is 15.3. The SMILES string of the molecule is O=C(NCC1(C(=O)CCl)CCCCC1)C(F)(F)F. The van der Waals surface area contributed by atoms with Crippen LogP contribution < -0.4 is 5.32 Å². The van der Waals surface area contributed by atoms with E-state index in [1.165, 1.54) is 0 Å². The van der Waals surface area contributed by atoms with Gasteiger partial charge in [-0.15, -0.1) is 11.6 Å². The van der Waals surface area contributed by atoms with E-state index in [9.17, 15) is 22.8 Å². The first-order chi connectivity index (χ1) is 8.32. The molecule has 1 amide bonds. The van der Waals surface area contributed by atoms with E-state index in [0.717, 1.165) is 19.3 Å². The highest BCUT2D eigenvalue weighted by molar-refractivity contribution is 6.28. The van der Waals surface area contributed by atoms with Crippen molar-refractivity contribution in [1.29, 1.82) is 0 Å². The molecule has 0 heterocycles. The summed E-state index contributed by atoms with van der Waals surface area (Å²) in [4.78, 5) is 22.6. The molecule has 0 saturated heterocycles. The number of halogens is 4. The molecule has 0 aromatic rings. The van der Waals surface area contributed by atoms with E-state index in [4.69, 9.17) is 11.6 Å². The van der Waals surface area contributed by atoms with E-state index in [1.54, 1.807) is 5.32 Å². The van der Waals surface area contributed by atoms with Gasteiger partial charge in [0.15, 0.2) is 5.78 Å². The average Bonchev–Trinajstić information content (AvgIpc) is 2.34. The van der Waals surface area contributed by atoms with Crippen molar-refractivity contribution < 1.29 is 22.8 Å². The third-order valence-electron chi connectivity index (χ3n) is 3.37. The zero-order valence-corrected chi connectivity index (χ0v) is 10.5. The quantitative estimate of drug-likeness (QED) is 0.807. The van der Waals surface area contributed by atoms with Crippen LogP contribution in [0.5, 0.6) is 0 Å². The number of carbonyl (C=O) groups is 2. The van der Waals surface area contributed by atoms with Gasteiger partial charge in [0.05, 0.1) is 5.88 Å². The van der Waals surface area contributed by atoms with Crippen LogP contribution in [0.4, 0.5) is 13.2 Å². The zero-order chi connectivity index (χ0) is 13.8. The fraction of sp³-hybridized carbons (Fsp3) is 0.818. The summed E-state index contributed by atoms with van der Waals surface area (Å²) in [6.45, 7) is -0.281. The topological polar surface area (TPSA) is 46.2 Å². The lowest BCUT2D eigenvalue weighted by Crippen LogP contribution is -2.48. The Kier molecular flexibility index (Phi) is 5.01. The van der Waals surface area contributed by atoms with Crippen LogP contribution in [0.15, 0.2) is 0 Å². The maximum atomic E-state index is 12.1. The van der Waals surface area contributed by atoms with E-state index in [2.05, 4.69) is 0 Å². The second-order valence-electron chi connectivity index (χ2n) is 4.58. The summed E-state index contributed by atoms with van der Waals surface area (Å²) >= 11 is 5.50. The summed E-state index contributed by atoms with van der Waals surface area (Å²) in [6, 6.07) is 0. The number of hydrogen-bond donors (Lipinski definition) is 1. The van der Waals surface area contributed by atoms with E-state index in [0.29, 0.717) is 12.8 Å². The van der Waals surface area contributed by atoms with Gasteiger partial charge in [0.25, 0.3) is 0 Å². The highest BCUT2D eigenvalue weighted by atomic mass is 35.5. The summed E-state index contributed by atoms with van der Waals surface area (Å²) in [5, 5.41) is 1.80. The maximum absolute atomic E-state index is 12.1. The molecule has 1 fully saturated rings. The Morgan fingerprint density at radius 1 is 1.17 bits per heavy atom. The molecule has 0 bridgehead atoms. The predicted molar refractivity (Wildman–Crippen MR) is 60.3 cm³/mol. The van der Waals surface area contributed by atoms with E-state index in [1.807, 2.05) is 0 Å². The van der Waals surface area contributed by atoms with Crippen molar-refractivity contribution in [3.63, 3.8) is 0 Å². The van der Waals surface area contributed by atoms with Crippen LogP contribution in [-0.4, -0.2) is 30.3 Å². The Hall–Kier alpha value is -0.780. The van der Waals surface area contributed by atoms with Gasteiger partial charge in [-0.25, -0.2) is 0 Å². The molecule has 0 aromatic heterocycles. The molecule has 0 spiro atoms. The Morgan fingerprint density at radius 2 is 1.72 bits per heavy atom. The molecule has 18 heavy (non-hydrogen) atoms. The molecule has 0 aliphatic heterocycles. The number of alkyl halides is 4. The molecule has 1 N–H and O–H groups in total. The lowest BCUT2D eigenvalue weighted by atomic mass is 9.71. The number of Topliss-reactive ketones (excluding diaryl/α,β-unsaturated/α-hetero) is 1. The number of ketones is 1. The third-order valence-corrected chi connectivity index (χ3v) is 3.61. The van der Waals surface area contributed by atoms with E-state index in [-0.39, 0.29) is 18.2 Å². The van der Waals surface area contributed by atoms with Crippen molar-refractivity contribution in [2.75, 3.05) is 12.4 Å². The van der Waals surface area contributed by atoms with Gasteiger partial charge in [-0.3, -0.25) is 9.59 Å². The molecule has 1 rings (SSSR count). The fourth-order valence-electron chi connectivity index (χ4n) is 2.27. The Morgan fingerprint density at radius 3 is 2.17 bits per heavy atom. The summed E-state index contributed by atoms with van der Waals surface area (Å²) < 4.78 is 36.3. The van der Waals surface area contributed by atoms with Crippen LogP contribution >= 0.6 is 11.6 Å². The van der Waals surface area contributed by atoms with Crippen molar-refractivity contribution in [1.82, 2.24) is 5.32 Å². The first-order valence-electron chi connectivity index (χ1n) is 5.76. The minimum atomic E-state index is -4.92. The minimum Gasteiger partial charge on any atom is -0.347 e. The second kappa shape index (κ2) is 5.91. The van der Waals surface area contributed by atoms with Crippen LogP contribution in [0, 0.1) is 5.41 Å². The van der Waals surface area contributed by atoms with Crippen molar-refractivity contribution in [2.24, 2.45) is 5.41 Å². The number of hydrogen-bond acceptors (Lipinski definition) is 2. The van der Waals surface area contributed by atoms with Gasteiger partial charge >= 0.3 is 12.1 Å². The average molecular weight is 286 g/mol. The predicted octanol–water partition coefficient (Wildman–Crippen LogP) is 2.42. The molecule has 3 nitrogen and oxygen atoms in total. The minimum absolute atomic E-state index is 0.234. The fourth-order valence-corrected chi connectivity index (χ4v) is 2.56. The molecular formula is C11H15ClF3NO2. The van der Waals surface area contributed by atoms with Gasteiger partial charge in [-0.05, 0) is 12.8 Å². The molecule has 0 atom stereocenters. The zero-order valence-electron chi connectivity index (χ0n) is 9.78. The highest BCUT2D eigenvalue weighted by Gasteiger charge is 2.43. The number of carbonyl (C=O) groups excluding carboxylic acids is 2. The second-order valence-corrected chi connectivity index (χ2v) is 4.85. The molecule has 0 unspecified atom stereocenters. The van der Waals surface area contributed by atoms with Crippen molar-refractivity contribution in [3.05, 3.63) is 0 Å². The Bertz CT molecular complexity index is 325. The molecular weight excluding hydrogens is 271 g/mol. The van der Waals surface area contributed by atoms with Crippen molar-refractivity contribution >= 4 is 23.3 Å². The van der Waals surface area contributed by atoms with Gasteiger partial charge in [-0.2, -0.15) is 13.2 Å².